The van der Waals surface area contributed by atoms with Crippen molar-refractivity contribution >= 4 is 40.9 Å². The van der Waals surface area contributed by atoms with Crippen molar-refractivity contribution in [3.63, 3.8) is 0 Å². The molecule has 0 atom stereocenters. The normalized spacial score (nSPS) is 10.8. The molecule has 3 N–H and O–H groups in total. The second-order valence-corrected chi connectivity index (χ2v) is 6.56. The minimum atomic E-state index is -0.652. The molecule has 32 heavy (non-hydrogen) atoms. The first-order valence-corrected chi connectivity index (χ1v) is 9.32. The Morgan fingerprint density at radius 3 is 2.34 bits per heavy atom. The van der Waals surface area contributed by atoms with Gasteiger partial charge in [0, 0.05) is 30.4 Å². The molecule has 0 fully saturated rings. The maximum absolute atomic E-state index is 12.8. The molecule has 10 heteroatoms. The molecule has 0 saturated heterocycles. The standard InChI is InChI=1S/C22H18N4O6/c1-14(27)23-19(12-15-5-2-8-18(11-15)26(30)31)21(28)24-16-6-3-7-17(13-16)25-22(29)20-9-4-10-32-20/h2-13H,1H3,(H,23,27)(H,24,28)(H,25,29)/b19-12-. The lowest BCUT2D eigenvalue weighted by Gasteiger charge is -2.11. The lowest BCUT2D eigenvalue weighted by molar-refractivity contribution is -0.384. The minimum Gasteiger partial charge on any atom is -0.459 e. The van der Waals surface area contributed by atoms with Crippen LogP contribution in [0.25, 0.3) is 6.08 Å². The summed E-state index contributed by atoms with van der Waals surface area (Å²) in [6, 6.07) is 15.1. The van der Waals surface area contributed by atoms with E-state index < -0.39 is 22.6 Å². The molecule has 162 valence electrons. The zero-order valence-electron chi connectivity index (χ0n) is 16.8. The fourth-order valence-corrected chi connectivity index (χ4v) is 2.72. The number of hydrogen-bond donors (Lipinski definition) is 3. The van der Waals surface area contributed by atoms with E-state index in [-0.39, 0.29) is 17.1 Å². The Bertz CT molecular complexity index is 1200. The van der Waals surface area contributed by atoms with Crippen LogP contribution < -0.4 is 16.0 Å². The SMILES string of the molecule is CC(=O)N/C(=C\c1cccc([N+](=O)[O-])c1)C(=O)Nc1cccc(NC(=O)c2ccco2)c1. The van der Waals surface area contributed by atoms with Crippen LogP contribution in [0.4, 0.5) is 17.1 Å². The Hall–Kier alpha value is -4.73. The van der Waals surface area contributed by atoms with Gasteiger partial charge in [-0.25, -0.2) is 0 Å². The van der Waals surface area contributed by atoms with Gasteiger partial charge in [0.25, 0.3) is 17.5 Å². The molecule has 0 aliphatic heterocycles. The number of furan rings is 1. The van der Waals surface area contributed by atoms with Gasteiger partial charge in [0.15, 0.2) is 5.76 Å². The van der Waals surface area contributed by atoms with Crippen molar-refractivity contribution in [2.75, 3.05) is 10.6 Å². The molecule has 0 aliphatic rings. The number of carbonyl (C=O) groups excluding carboxylic acids is 3. The van der Waals surface area contributed by atoms with E-state index in [1.165, 1.54) is 49.6 Å². The number of hydrogen-bond acceptors (Lipinski definition) is 6. The Kier molecular flexibility index (Phi) is 6.76. The Morgan fingerprint density at radius 1 is 0.969 bits per heavy atom. The third-order valence-electron chi connectivity index (χ3n) is 4.07. The average molecular weight is 434 g/mol. The first-order chi connectivity index (χ1) is 15.3. The van der Waals surface area contributed by atoms with Crippen molar-refractivity contribution in [2.24, 2.45) is 0 Å². The first-order valence-electron chi connectivity index (χ1n) is 9.32. The molecule has 0 aliphatic carbocycles. The van der Waals surface area contributed by atoms with Crippen LogP contribution in [0.1, 0.15) is 23.0 Å². The number of anilines is 2. The summed E-state index contributed by atoms with van der Waals surface area (Å²) in [4.78, 5) is 46.9. The Labute approximate surface area is 182 Å². The van der Waals surface area contributed by atoms with Gasteiger partial charge in [-0.05, 0) is 42.0 Å². The smallest absolute Gasteiger partial charge is 0.291 e. The molecule has 0 bridgehead atoms. The molecule has 3 rings (SSSR count). The fourth-order valence-electron chi connectivity index (χ4n) is 2.72. The molecule has 1 aromatic heterocycles. The molecule has 2 aromatic carbocycles. The third-order valence-corrected chi connectivity index (χ3v) is 4.07. The monoisotopic (exact) mass is 434 g/mol. The fraction of sp³-hybridized carbons (Fsp3) is 0.0455. The summed E-state index contributed by atoms with van der Waals surface area (Å²) in [5, 5.41) is 18.7. The van der Waals surface area contributed by atoms with Gasteiger partial charge in [-0.2, -0.15) is 0 Å². The highest BCUT2D eigenvalue weighted by molar-refractivity contribution is 6.09. The molecule has 0 saturated carbocycles. The highest BCUT2D eigenvalue weighted by atomic mass is 16.6. The summed E-state index contributed by atoms with van der Waals surface area (Å²) in [6.07, 6.45) is 2.70. The van der Waals surface area contributed by atoms with Crippen molar-refractivity contribution in [1.82, 2.24) is 5.32 Å². The number of non-ortho nitro benzene ring substituents is 1. The first kappa shape index (κ1) is 22.0. The van der Waals surface area contributed by atoms with E-state index in [1.54, 1.807) is 30.3 Å². The minimum absolute atomic E-state index is 0.108. The highest BCUT2D eigenvalue weighted by Gasteiger charge is 2.14. The molecule has 3 amide bonds. The molecule has 10 nitrogen and oxygen atoms in total. The topological polar surface area (TPSA) is 144 Å². The quantitative estimate of drug-likeness (QED) is 0.295. The number of amides is 3. The number of nitro groups is 1. The van der Waals surface area contributed by atoms with Crippen LogP contribution in [0, 0.1) is 10.1 Å². The van der Waals surface area contributed by atoms with Crippen molar-refractivity contribution in [2.45, 2.75) is 6.92 Å². The van der Waals surface area contributed by atoms with E-state index in [2.05, 4.69) is 16.0 Å². The summed E-state index contributed by atoms with van der Waals surface area (Å²) in [6.45, 7) is 1.24. The second-order valence-electron chi connectivity index (χ2n) is 6.56. The predicted molar refractivity (Wildman–Crippen MR) is 117 cm³/mol. The number of carbonyl (C=O) groups is 3. The summed E-state index contributed by atoms with van der Waals surface area (Å²) < 4.78 is 5.04. The lowest BCUT2D eigenvalue weighted by Crippen LogP contribution is -2.29. The number of benzene rings is 2. The lowest BCUT2D eigenvalue weighted by atomic mass is 10.1. The van der Waals surface area contributed by atoms with Crippen molar-refractivity contribution < 1.29 is 23.7 Å². The van der Waals surface area contributed by atoms with Gasteiger partial charge in [0.2, 0.25) is 5.91 Å². The van der Waals surface area contributed by atoms with Gasteiger partial charge in [0.05, 0.1) is 11.2 Å². The Morgan fingerprint density at radius 2 is 1.69 bits per heavy atom. The second kappa shape index (κ2) is 9.85. The van der Waals surface area contributed by atoms with Gasteiger partial charge in [0.1, 0.15) is 5.70 Å². The van der Waals surface area contributed by atoms with Crippen LogP contribution in [0.15, 0.2) is 77.0 Å². The van der Waals surface area contributed by atoms with E-state index in [4.69, 9.17) is 4.42 Å². The number of rotatable bonds is 7. The molecule has 1 heterocycles. The van der Waals surface area contributed by atoms with Gasteiger partial charge < -0.3 is 20.4 Å². The summed E-state index contributed by atoms with van der Waals surface area (Å²) in [5.74, 6) is -1.47. The predicted octanol–water partition coefficient (Wildman–Crippen LogP) is 3.56. The molecule has 0 radical (unpaired) electrons. The van der Waals surface area contributed by atoms with Crippen LogP contribution in [-0.4, -0.2) is 22.6 Å². The van der Waals surface area contributed by atoms with Crippen LogP contribution in [0.2, 0.25) is 0 Å². The van der Waals surface area contributed by atoms with Crippen LogP contribution in [0.5, 0.6) is 0 Å². The maximum atomic E-state index is 12.8. The average Bonchev–Trinajstić information content (AvgIpc) is 3.28. The molecule has 0 unspecified atom stereocenters. The van der Waals surface area contributed by atoms with E-state index in [0.29, 0.717) is 16.9 Å². The Balaban J connectivity index is 1.79. The summed E-state index contributed by atoms with van der Waals surface area (Å²) >= 11 is 0. The number of nitro benzene ring substituents is 1. The molecular weight excluding hydrogens is 416 g/mol. The largest absolute Gasteiger partial charge is 0.459 e. The van der Waals surface area contributed by atoms with Crippen molar-refractivity contribution in [3.05, 3.63) is 94.1 Å². The summed E-state index contributed by atoms with van der Waals surface area (Å²) in [7, 11) is 0. The maximum Gasteiger partial charge on any atom is 0.291 e. The van der Waals surface area contributed by atoms with E-state index in [9.17, 15) is 24.5 Å². The molecular formula is C22H18N4O6. The van der Waals surface area contributed by atoms with E-state index in [1.807, 2.05) is 0 Å². The zero-order valence-corrected chi connectivity index (χ0v) is 16.8. The third kappa shape index (κ3) is 5.89. The van der Waals surface area contributed by atoms with Gasteiger partial charge in [-0.15, -0.1) is 0 Å². The molecule has 0 spiro atoms. The zero-order chi connectivity index (χ0) is 23.1. The number of nitrogens with one attached hydrogen (secondary N) is 3. The molecule has 3 aromatic rings. The van der Waals surface area contributed by atoms with E-state index in [0.717, 1.165) is 0 Å². The van der Waals surface area contributed by atoms with Crippen LogP contribution in [0.3, 0.4) is 0 Å². The highest BCUT2D eigenvalue weighted by Crippen LogP contribution is 2.19. The van der Waals surface area contributed by atoms with Gasteiger partial charge in [-0.3, -0.25) is 24.5 Å². The van der Waals surface area contributed by atoms with Crippen LogP contribution in [-0.2, 0) is 9.59 Å². The van der Waals surface area contributed by atoms with Gasteiger partial charge >= 0.3 is 0 Å². The van der Waals surface area contributed by atoms with Crippen molar-refractivity contribution in [1.29, 1.82) is 0 Å². The van der Waals surface area contributed by atoms with E-state index >= 15 is 0 Å². The number of nitrogens with zero attached hydrogens (tertiary/aromatic N) is 1. The van der Waals surface area contributed by atoms with Crippen molar-refractivity contribution in [3.8, 4) is 0 Å². The summed E-state index contributed by atoms with van der Waals surface area (Å²) in [5.41, 5.74) is 0.859. The van der Waals surface area contributed by atoms with Crippen LogP contribution >= 0.6 is 0 Å². The van der Waals surface area contributed by atoms with Gasteiger partial charge in [-0.1, -0.05) is 18.2 Å².